The van der Waals surface area contributed by atoms with Gasteiger partial charge in [-0.25, -0.2) is 4.98 Å². The van der Waals surface area contributed by atoms with Crippen molar-refractivity contribution in [2.24, 2.45) is 0 Å². The monoisotopic (exact) mass is 278 g/mol. The van der Waals surface area contributed by atoms with Crippen molar-refractivity contribution >= 4 is 11.4 Å². The van der Waals surface area contributed by atoms with E-state index in [0.717, 1.165) is 24.3 Å². The summed E-state index contributed by atoms with van der Waals surface area (Å²) in [5, 5.41) is 7.11. The van der Waals surface area contributed by atoms with Gasteiger partial charge >= 0.3 is 0 Å². The second kappa shape index (κ2) is 6.79. The highest BCUT2D eigenvalue weighted by Gasteiger charge is 2.19. The van der Waals surface area contributed by atoms with Gasteiger partial charge < -0.3 is 20.3 Å². The summed E-state index contributed by atoms with van der Waals surface area (Å²) >= 11 is 0. The van der Waals surface area contributed by atoms with Crippen molar-refractivity contribution < 1.29 is 4.74 Å². The van der Waals surface area contributed by atoms with Crippen LogP contribution in [0, 0.1) is 0 Å². The highest BCUT2D eigenvalue weighted by molar-refractivity contribution is 5.74. The van der Waals surface area contributed by atoms with Crippen LogP contribution in [-0.2, 0) is 0 Å². The third-order valence-corrected chi connectivity index (χ3v) is 3.76. The number of methoxy groups -OCH3 is 1. The second-order valence-corrected chi connectivity index (χ2v) is 5.68. The van der Waals surface area contributed by atoms with E-state index in [0.29, 0.717) is 18.0 Å². The molecular formula is C15H26N4O. The van der Waals surface area contributed by atoms with Gasteiger partial charge in [-0.15, -0.1) is 0 Å². The fourth-order valence-electron chi connectivity index (χ4n) is 2.79. The molecule has 0 spiro atoms. The molecule has 0 amide bonds. The Morgan fingerprint density at radius 3 is 2.95 bits per heavy atom. The number of aromatic nitrogens is 1. The number of ether oxygens (including phenoxy) is 1. The molecule has 2 heterocycles. The molecule has 1 saturated heterocycles. The van der Waals surface area contributed by atoms with Crippen LogP contribution in [0.3, 0.4) is 0 Å². The zero-order valence-electron chi connectivity index (χ0n) is 12.9. The zero-order valence-corrected chi connectivity index (χ0v) is 12.9. The van der Waals surface area contributed by atoms with Gasteiger partial charge in [-0.1, -0.05) is 0 Å². The molecule has 0 bridgehead atoms. The molecule has 2 atom stereocenters. The van der Waals surface area contributed by atoms with E-state index in [-0.39, 0.29) is 0 Å². The van der Waals surface area contributed by atoms with E-state index < -0.39 is 0 Å². The van der Waals surface area contributed by atoms with E-state index in [2.05, 4.69) is 27.4 Å². The minimum atomic E-state index is 0.377. The van der Waals surface area contributed by atoms with Gasteiger partial charge in [0.1, 0.15) is 5.69 Å². The Morgan fingerprint density at radius 1 is 1.55 bits per heavy atom. The lowest BCUT2D eigenvalue weighted by Gasteiger charge is -2.24. The first kappa shape index (κ1) is 14.9. The molecule has 1 fully saturated rings. The lowest BCUT2D eigenvalue weighted by Crippen LogP contribution is -2.29. The molecule has 0 saturated carbocycles. The van der Waals surface area contributed by atoms with Crippen molar-refractivity contribution in [3.63, 3.8) is 0 Å². The van der Waals surface area contributed by atoms with Crippen LogP contribution in [0.1, 0.15) is 26.2 Å². The lowest BCUT2D eigenvalue weighted by molar-refractivity contribution is 0.399. The fourth-order valence-corrected chi connectivity index (χ4v) is 2.79. The first-order chi connectivity index (χ1) is 9.61. The van der Waals surface area contributed by atoms with E-state index in [1.165, 1.54) is 12.8 Å². The van der Waals surface area contributed by atoms with E-state index in [9.17, 15) is 0 Å². The SMILES string of the molecule is COc1nccc(N(C)C)c1NC(C)CC1CCCN1. The molecule has 20 heavy (non-hydrogen) atoms. The molecule has 5 heteroatoms. The van der Waals surface area contributed by atoms with Crippen molar-refractivity contribution in [2.75, 3.05) is 38.0 Å². The standard InChI is InChI=1S/C15H26N4O/c1-11(10-12-6-5-8-16-12)18-14-13(19(2)3)7-9-17-15(14)20-4/h7,9,11-12,16,18H,5-6,8,10H2,1-4H3. The summed E-state index contributed by atoms with van der Waals surface area (Å²) in [6.45, 7) is 3.36. The van der Waals surface area contributed by atoms with Crippen molar-refractivity contribution in [1.29, 1.82) is 0 Å². The largest absolute Gasteiger partial charge is 0.479 e. The van der Waals surface area contributed by atoms with Crippen LogP contribution in [0.15, 0.2) is 12.3 Å². The van der Waals surface area contributed by atoms with Gasteiger partial charge in [-0.05, 0) is 38.8 Å². The van der Waals surface area contributed by atoms with Gasteiger partial charge in [0.2, 0.25) is 5.88 Å². The van der Waals surface area contributed by atoms with Crippen molar-refractivity contribution in [2.45, 2.75) is 38.3 Å². The van der Waals surface area contributed by atoms with E-state index in [1.807, 2.05) is 20.2 Å². The minimum Gasteiger partial charge on any atom is -0.479 e. The summed E-state index contributed by atoms with van der Waals surface area (Å²) in [5.41, 5.74) is 2.08. The molecule has 112 valence electrons. The Hall–Kier alpha value is -1.49. The van der Waals surface area contributed by atoms with Crippen LogP contribution in [0.4, 0.5) is 11.4 Å². The van der Waals surface area contributed by atoms with Gasteiger partial charge in [0, 0.05) is 32.4 Å². The van der Waals surface area contributed by atoms with Crippen LogP contribution in [-0.4, -0.2) is 44.8 Å². The van der Waals surface area contributed by atoms with Gasteiger partial charge in [-0.3, -0.25) is 0 Å². The number of nitrogens with zero attached hydrogens (tertiary/aromatic N) is 2. The average molecular weight is 278 g/mol. The maximum absolute atomic E-state index is 5.39. The van der Waals surface area contributed by atoms with Gasteiger partial charge in [0.25, 0.3) is 0 Å². The Balaban J connectivity index is 2.09. The minimum absolute atomic E-state index is 0.377. The van der Waals surface area contributed by atoms with Crippen LogP contribution in [0.5, 0.6) is 5.88 Å². The molecule has 0 aliphatic carbocycles. The van der Waals surface area contributed by atoms with Crippen LogP contribution in [0.25, 0.3) is 0 Å². The Morgan fingerprint density at radius 2 is 2.35 bits per heavy atom. The molecular weight excluding hydrogens is 252 g/mol. The third kappa shape index (κ3) is 3.54. The fraction of sp³-hybridized carbons (Fsp3) is 0.667. The summed E-state index contributed by atoms with van der Waals surface area (Å²) in [6.07, 6.45) is 5.46. The molecule has 5 nitrogen and oxygen atoms in total. The average Bonchev–Trinajstić information content (AvgIpc) is 2.91. The molecule has 1 aliphatic heterocycles. The van der Waals surface area contributed by atoms with Gasteiger partial charge in [-0.2, -0.15) is 0 Å². The first-order valence-corrected chi connectivity index (χ1v) is 7.32. The Bertz CT molecular complexity index is 430. The van der Waals surface area contributed by atoms with E-state index in [1.54, 1.807) is 13.3 Å². The predicted molar refractivity (Wildman–Crippen MR) is 83.8 cm³/mol. The summed E-state index contributed by atoms with van der Waals surface area (Å²) < 4.78 is 5.39. The smallest absolute Gasteiger partial charge is 0.239 e. The Kier molecular flexibility index (Phi) is 5.06. The molecule has 1 aromatic rings. The molecule has 0 aromatic carbocycles. The lowest BCUT2D eigenvalue weighted by atomic mass is 10.1. The highest BCUT2D eigenvalue weighted by Crippen LogP contribution is 2.33. The first-order valence-electron chi connectivity index (χ1n) is 7.32. The number of anilines is 2. The van der Waals surface area contributed by atoms with Crippen molar-refractivity contribution in [1.82, 2.24) is 10.3 Å². The summed E-state index contributed by atoms with van der Waals surface area (Å²) in [7, 11) is 5.72. The second-order valence-electron chi connectivity index (χ2n) is 5.68. The topological polar surface area (TPSA) is 49.4 Å². The van der Waals surface area contributed by atoms with Crippen molar-refractivity contribution in [3.05, 3.63) is 12.3 Å². The summed E-state index contributed by atoms with van der Waals surface area (Å²) in [5.74, 6) is 0.655. The normalized spacial score (nSPS) is 19.7. The highest BCUT2D eigenvalue weighted by atomic mass is 16.5. The molecule has 2 unspecified atom stereocenters. The molecule has 0 radical (unpaired) electrons. The van der Waals surface area contributed by atoms with Gasteiger partial charge in [0.15, 0.2) is 0 Å². The maximum Gasteiger partial charge on any atom is 0.239 e. The predicted octanol–water partition coefficient (Wildman–Crippen LogP) is 2.10. The zero-order chi connectivity index (χ0) is 14.5. The molecule has 1 aromatic heterocycles. The summed E-state index contributed by atoms with van der Waals surface area (Å²) in [6, 6.07) is 3.01. The van der Waals surface area contributed by atoms with Crippen LogP contribution in [0.2, 0.25) is 0 Å². The van der Waals surface area contributed by atoms with Gasteiger partial charge in [0.05, 0.1) is 12.8 Å². The Labute approximate surface area is 121 Å². The number of nitrogens with one attached hydrogen (secondary N) is 2. The number of hydrogen-bond acceptors (Lipinski definition) is 5. The van der Waals surface area contributed by atoms with Crippen LogP contribution >= 0.6 is 0 Å². The summed E-state index contributed by atoms with van der Waals surface area (Å²) in [4.78, 5) is 6.37. The quantitative estimate of drug-likeness (QED) is 0.834. The number of pyridine rings is 1. The van der Waals surface area contributed by atoms with E-state index in [4.69, 9.17) is 4.74 Å². The van der Waals surface area contributed by atoms with Crippen LogP contribution < -0.4 is 20.3 Å². The van der Waals surface area contributed by atoms with E-state index >= 15 is 0 Å². The van der Waals surface area contributed by atoms with Crippen molar-refractivity contribution in [3.8, 4) is 5.88 Å². The third-order valence-electron chi connectivity index (χ3n) is 3.76. The molecule has 1 aliphatic rings. The number of hydrogen-bond donors (Lipinski definition) is 2. The number of rotatable bonds is 6. The molecule has 2 rings (SSSR count). The maximum atomic E-state index is 5.39. The molecule has 2 N–H and O–H groups in total.